The van der Waals surface area contributed by atoms with Crippen molar-refractivity contribution in [1.82, 2.24) is 0 Å². The van der Waals surface area contributed by atoms with Crippen molar-refractivity contribution < 1.29 is 9.47 Å². The molecule has 0 saturated heterocycles. The van der Waals surface area contributed by atoms with Gasteiger partial charge < -0.3 is 9.47 Å². The van der Waals surface area contributed by atoms with Crippen LogP contribution < -0.4 is 9.47 Å². The van der Waals surface area contributed by atoms with E-state index in [4.69, 9.17) is 9.47 Å². The van der Waals surface area contributed by atoms with E-state index in [1.807, 2.05) is 10.8 Å². The maximum atomic E-state index is 5.60. The van der Waals surface area contributed by atoms with Crippen molar-refractivity contribution in [2.75, 3.05) is 13.2 Å². The fraction of sp³-hybridized carbons (Fsp3) is 0.636. The topological polar surface area (TPSA) is 18.5 Å². The van der Waals surface area contributed by atoms with Crippen LogP contribution in [0.2, 0.25) is 0 Å². The predicted molar refractivity (Wildman–Crippen MR) is 60.5 cm³/mol. The Kier molecular flexibility index (Phi) is 5.45. The predicted octanol–water partition coefficient (Wildman–Crippen LogP) is 3.72. The molecule has 0 N–H and O–H groups in total. The van der Waals surface area contributed by atoms with Crippen molar-refractivity contribution in [3.05, 3.63) is 10.8 Å². The van der Waals surface area contributed by atoms with Gasteiger partial charge in [0, 0.05) is 10.8 Å². The van der Waals surface area contributed by atoms with Gasteiger partial charge >= 0.3 is 0 Å². The lowest BCUT2D eigenvalue weighted by Crippen LogP contribution is -1.99. The van der Waals surface area contributed by atoms with Gasteiger partial charge in [0.1, 0.15) is 0 Å². The van der Waals surface area contributed by atoms with Crippen LogP contribution in [-0.4, -0.2) is 13.2 Å². The molecule has 1 rings (SSSR count). The molecule has 0 radical (unpaired) electrons. The van der Waals surface area contributed by atoms with E-state index in [0.29, 0.717) is 0 Å². The second kappa shape index (κ2) is 6.71. The quantitative estimate of drug-likeness (QED) is 0.644. The first kappa shape index (κ1) is 11.4. The third-order valence-electron chi connectivity index (χ3n) is 1.81. The van der Waals surface area contributed by atoms with Crippen molar-refractivity contribution >= 4 is 11.3 Å². The third kappa shape index (κ3) is 3.58. The number of unbranched alkanes of at least 4 members (excludes halogenated alkanes) is 1. The Morgan fingerprint density at radius 2 is 1.64 bits per heavy atom. The molecule has 0 unspecified atom stereocenters. The van der Waals surface area contributed by atoms with Crippen molar-refractivity contribution in [2.24, 2.45) is 0 Å². The summed E-state index contributed by atoms with van der Waals surface area (Å²) in [5.74, 6) is 1.80. The molecule has 0 aliphatic carbocycles. The summed E-state index contributed by atoms with van der Waals surface area (Å²) in [6, 6.07) is 0. The lowest BCUT2D eigenvalue weighted by molar-refractivity contribution is 0.267. The van der Waals surface area contributed by atoms with Gasteiger partial charge in [-0.3, -0.25) is 0 Å². The first-order valence-corrected chi connectivity index (χ1v) is 6.14. The fourth-order valence-electron chi connectivity index (χ4n) is 1.02. The second-order valence-corrected chi connectivity index (χ2v) is 3.89. The number of hydrogen-bond acceptors (Lipinski definition) is 3. The molecule has 80 valence electrons. The van der Waals surface area contributed by atoms with Crippen molar-refractivity contribution in [3.8, 4) is 11.5 Å². The Morgan fingerprint density at radius 3 is 2.21 bits per heavy atom. The van der Waals surface area contributed by atoms with E-state index in [9.17, 15) is 0 Å². The fourth-order valence-corrected chi connectivity index (χ4v) is 1.71. The molecule has 0 saturated carbocycles. The molecule has 1 aromatic heterocycles. The van der Waals surface area contributed by atoms with Gasteiger partial charge in [-0.25, -0.2) is 0 Å². The number of ether oxygens (including phenoxy) is 2. The SMILES string of the molecule is CCCCOc1cscc1OCCC. The number of rotatable bonds is 7. The van der Waals surface area contributed by atoms with Gasteiger partial charge in [-0.1, -0.05) is 20.3 Å². The van der Waals surface area contributed by atoms with Crippen LogP contribution in [0.5, 0.6) is 11.5 Å². The van der Waals surface area contributed by atoms with Gasteiger partial charge in [0.2, 0.25) is 0 Å². The lowest BCUT2D eigenvalue weighted by Gasteiger charge is -2.07. The Bertz CT molecular complexity index is 245. The highest BCUT2D eigenvalue weighted by Crippen LogP contribution is 2.31. The standard InChI is InChI=1S/C11H18O2S/c1-3-5-7-13-11-9-14-8-10(11)12-6-4-2/h8-9H,3-7H2,1-2H3. The van der Waals surface area contributed by atoms with Gasteiger partial charge in [0.25, 0.3) is 0 Å². The highest BCUT2D eigenvalue weighted by atomic mass is 32.1. The highest BCUT2D eigenvalue weighted by Gasteiger charge is 2.05. The summed E-state index contributed by atoms with van der Waals surface area (Å²) in [7, 11) is 0. The third-order valence-corrected chi connectivity index (χ3v) is 2.51. The van der Waals surface area contributed by atoms with E-state index in [1.165, 1.54) is 0 Å². The van der Waals surface area contributed by atoms with Crippen LogP contribution in [0.3, 0.4) is 0 Å². The minimum Gasteiger partial charge on any atom is -0.489 e. The van der Waals surface area contributed by atoms with E-state index in [1.54, 1.807) is 11.3 Å². The average Bonchev–Trinajstić information content (AvgIpc) is 2.63. The molecule has 3 heteroatoms. The van der Waals surface area contributed by atoms with Gasteiger partial charge in [-0.05, 0) is 12.8 Å². The van der Waals surface area contributed by atoms with Crippen molar-refractivity contribution in [3.63, 3.8) is 0 Å². The van der Waals surface area contributed by atoms with Gasteiger partial charge in [-0.2, -0.15) is 0 Å². The summed E-state index contributed by atoms with van der Waals surface area (Å²) in [4.78, 5) is 0. The van der Waals surface area contributed by atoms with Crippen LogP contribution in [0.15, 0.2) is 10.8 Å². The monoisotopic (exact) mass is 214 g/mol. The average molecular weight is 214 g/mol. The summed E-state index contributed by atoms with van der Waals surface area (Å²) >= 11 is 1.62. The van der Waals surface area contributed by atoms with Crippen LogP contribution in [0.4, 0.5) is 0 Å². The molecule has 0 aromatic carbocycles. The van der Waals surface area contributed by atoms with Crippen LogP contribution in [0.1, 0.15) is 33.1 Å². The van der Waals surface area contributed by atoms with E-state index in [-0.39, 0.29) is 0 Å². The Labute approximate surface area is 89.9 Å². The molecule has 0 fully saturated rings. The summed E-state index contributed by atoms with van der Waals surface area (Å²) in [6.07, 6.45) is 3.29. The maximum absolute atomic E-state index is 5.60. The Balaban J connectivity index is 2.37. The smallest absolute Gasteiger partial charge is 0.171 e. The first-order valence-electron chi connectivity index (χ1n) is 5.20. The lowest BCUT2D eigenvalue weighted by atomic mass is 10.4. The molecule has 2 nitrogen and oxygen atoms in total. The zero-order chi connectivity index (χ0) is 10.2. The van der Waals surface area contributed by atoms with Crippen LogP contribution in [0, 0.1) is 0 Å². The summed E-state index contributed by atoms with van der Waals surface area (Å²) in [5.41, 5.74) is 0. The number of thiophene rings is 1. The Hall–Kier alpha value is -0.700. The number of hydrogen-bond donors (Lipinski definition) is 0. The van der Waals surface area contributed by atoms with E-state index in [2.05, 4.69) is 13.8 Å². The molecule has 14 heavy (non-hydrogen) atoms. The van der Waals surface area contributed by atoms with Crippen molar-refractivity contribution in [2.45, 2.75) is 33.1 Å². The minimum absolute atomic E-state index is 0.765. The Morgan fingerprint density at radius 1 is 1.00 bits per heavy atom. The van der Waals surface area contributed by atoms with E-state index in [0.717, 1.165) is 44.0 Å². The van der Waals surface area contributed by atoms with E-state index >= 15 is 0 Å². The molecule has 1 heterocycles. The van der Waals surface area contributed by atoms with Gasteiger partial charge in [0.15, 0.2) is 11.5 Å². The van der Waals surface area contributed by atoms with Crippen molar-refractivity contribution in [1.29, 1.82) is 0 Å². The second-order valence-electron chi connectivity index (χ2n) is 3.15. The summed E-state index contributed by atoms with van der Waals surface area (Å²) < 4.78 is 11.1. The maximum Gasteiger partial charge on any atom is 0.171 e. The zero-order valence-corrected chi connectivity index (χ0v) is 9.73. The molecule has 0 bridgehead atoms. The minimum atomic E-state index is 0.765. The molecule has 0 amide bonds. The summed E-state index contributed by atoms with van der Waals surface area (Å²) in [5, 5.41) is 4.00. The normalized spacial score (nSPS) is 10.1. The molecular formula is C11H18O2S. The first-order chi connectivity index (χ1) is 6.88. The summed E-state index contributed by atoms with van der Waals surface area (Å²) in [6.45, 7) is 5.81. The molecule has 0 atom stereocenters. The highest BCUT2D eigenvalue weighted by molar-refractivity contribution is 7.08. The molecule has 0 spiro atoms. The molecular weight excluding hydrogens is 196 g/mol. The van der Waals surface area contributed by atoms with E-state index < -0.39 is 0 Å². The van der Waals surface area contributed by atoms with Gasteiger partial charge in [0.05, 0.1) is 13.2 Å². The molecule has 0 aliphatic rings. The molecule has 0 aliphatic heterocycles. The van der Waals surface area contributed by atoms with Crippen LogP contribution in [-0.2, 0) is 0 Å². The van der Waals surface area contributed by atoms with Gasteiger partial charge in [-0.15, -0.1) is 11.3 Å². The van der Waals surface area contributed by atoms with Crippen LogP contribution in [0.25, 0.3) is 0 Å². The zero-order valence-electron chi connectivity index (χ0n) is 8.91. The molecule has 1 aromatic rings. The van der Waals surface area contributed by atoms with Crippen LogP contribution >= 0.6 is 11.3 Å². The largest absolute Gasteiger partial charge is 0.489 e.